The third kappa shape index (κ3) is 3.04. The van der Waals surface area contributed by atoms with E-state index < -0.39 is 0 Å². The summed E-state index contributed by atoms with van der Waals surface area (Å²) in [5.41, 5.74) is 8.49. The molecule has 0 aliphatic rings. The number of carbonyl (C=O) groups is 1. The van der Waals surface area contributed by atoms with Crippen LogP contribution in [0, 0.1) is 6.92 Å². The molecule has 0 saturated carbocycles. The van der Waals surface area contributed by atoms with Crippen LogP contribution < -0.4 is 11.1 Å². The molecule has 2 aromatic heterocycles. The molecule has 5 nitrogen and oxygen atoms in total. The molecule has 2 rings (SSSR count). The van der Waals surface area contributed by atoms with Crippen LogP contribution in [-0.4, -0.2) is 15.9 Å². The van der Waals surface area contributed by atoms with Crippen molar-refractivity contribution in [1.29, 1.82) is 0 Å². The number of anilines is 2. The van der Waals surface area contributed by atoms with Crippen LogP contribution in [-0.2, 0) is 11.2 Å². The average Bonchev–Trinajstić information content (AvgIpc) is 2.35. The second kappa shape index (κ2) is 5.27. The number of nitrogen functional groups attached to an aromatic ring is 1. The van der Waals surface area contributed by atoms with E-state index in [9.17, 15) is 4.79 Å². The Morgan fingerprint density at radius 2 is 2.17 bits per heavy atom. The Morgan fingerprint density at radius 3 is 2.83 bits per heavy atom. The van der Waals surface area contributed by atoms with Crippen molar-refractivity contribution in [2.45, 2.75) is 13.3 Å². The molecule has 18 heavy (non-hydrogen) atoms. The molecule has 5 heteroatoms. The predicted octanol–water partition coefficient (Wildman–Crippen LogP) is 1.55. The zero-order valence-corrected chi connectivity index (χ0v) is 10.1. The highest BCUT2D eigenvalue weighted by Gasteiger charge is 2.06. The Labute approximate surface area is 105 Å². The smallest absolute Gasteiger partial charge is 0.230 e. The second-order valence-corrected chi connectivity index (χ2v) is 4.00. The number of amides is 1. The Hall–Kier alpha value is -2.43. The number of hydrogen-bond acceptors (Lipinski definition) is 4. The summed E-state index contributed by atoms with van der Waals surface area (Å²) in [6.07, 6.45) is 5.07. The molecular weight excluding hydrogens is 228 g/mol. The molecule has 2 aromatic rings. The summed E-state index contributed by atoms with van der Waals surface area (Å²) >= 11 is 0. The number of rotatable bonds is 3. The fourth-order valence-corrected chi connectivity index (χ4v) is 1.49. The van der Waals surface area contributed by atoms with Crippen LogP contribution in [0.3, 0.4) is 0 Å². The van der Waals surface area contributed by atoms with E-state index in [0.29, 0.717) is 11.4 Å². The van der Waals surface area contributed by atoms with Crippen molar-refractivity contribution in [2.24, 2.45) is 0 Å². The standard InChI is InChI=1S/C13H14N4O/c1-9-4-5-15-8-12(9)17-13(18)6-11-3-2-10(14)7-16-11/h2-5,7-8H,6,14H2,1H3,(H,17,18). The summed E-state index contributed by atoms with van der Waals surface area (Å²) in [6.45, 7) is 1.92. The minimum absolute atomic E-state index is 0.122. The maximum atomic E-state index is 11.8. The molecule has 0 radical (unpaired) electrons. The average molecular weight is 242 g/mol. The highest BCUT2D eigenvalue weighted by Crippen LogP contribution is 2.12. The molecular formula is C13H14N4O. The van der Waals surface area contributed by atoms with Gasteiger partial charge >= 0.3 is 0 Å². The lowest BCUT2D eigenvalue weighted by atomic mass is 10.2. The second-order valence-electron chi connectivity index (χ2n) is 4.00. The van der Waals surface area contributed by atoms with Crippen LogP contribution in [0.4, 0.5) is 11.4 Å². The fourth-order valence-electron chi connectivity index (χ4n) is 1.49. The lowest BCUT2D eigenvalue weighted by molar-refractivity contribution is -0.115. The van der Waals surface area contributed by atoms with Gasteiger partial charge in [-0.2, -0.15) is 0 Å². The first kappa shape index (κ1) is 12.0. The van der Waals surface area contributed by atoms with E-state index >= 15 is 0 Å². The van der Waals surface area contributed by atoms with Crippen molar-refractivity contribution in [1.82, 2.24) is 9.97 Å². The van der Waals surface area contributed by atoms with Gasteiger partial charge in [-0.1, -0.05) is 0 Å². The highest BCUT2D eigenvalue weighted by atomic mass is 16.1. The molecule has 0 fully saturated rings. The van der Waals surface area contributed by atoms with Gasteiger partial charge in [-0.05, 0) is 30.7 Å². The maximum absolute atomic E-state index is 11.8. The summed E-state index contributed by atoms with van der Waals surface area (Å²) in [4.78, 5) is 19.9. The molecule has 0 spiro atoms. The van der Waals surface area contributed by atoms with Crippen molar-refractivity contribution in [3.63, 3.8) is 0 Å². The minimum Gasteiger partial charge on any atom is -0.397 e. The van der Waals surface area contributed by atoms with Crippen LogP contribution in [0.15, 0.2) is 36.8 Å². The number of aromatic nitrogens is 2. The van der Waals surface area contributed by atoms with Crippen molar-refractivity contribution in [2.75, 3.05) is 11.1 Å². The Morgan fingerprint density at radius 1 is 1.33 bits per heavy atom. The van der Waals surface area contributed by atoms with E-state index in [2.05, 4.69) is 15.3 Å². The Bertz CT molecular complexity index is 551. The number of aryl methyl sites for hydroxylation is 1. The summed E-state index contributed by atoms with van der Waals surface area (Å²) in [5.74, 6) is -0.122. The van der Waals surface area contributed by atoms with Gasteiger partial charge < -0.3 is 11.1 Å². The van der Waals surface area contributed by atoms with Gasteiger partial charge in [0.05, 0.1) is 30.2 Å². The largest absolute Gasteiger partial charge is 0.397 e. The number of pyridine rings is 2. The Kier molecular flexibility index (Phi) is 3.52. The minimum atomic E-state index is -0.122. The lowest BCUT2D eigenvalue weighted by Crippen LogP contribution is -2.16. The topological polar surface area (TPSA) is 80.9 Å². The molecule has 1 amide bonds. The maximum Gasteiger partial charge on any atom is 0.230 e. The van der Waals surface area contributed by atoms with Gasteiger partial charge in [0.1, 0.15) is 0 Å². The molecule has 92 valence electrons. The summed E-state index contributed by atoms with van der Waals surface area (Å²) in [5, 5.41) is 2.80. The normalized spacial score (nSPS) is 10.1. The number of nitrogens with two attached hydrogens (primary N) is 1. The molecule has 3 N–H and O–H groups in total. The number of hydrogen-bond donors (Lipinski definition) is 2. The third-order valence-corrected chi connectivity index (χ3v) is 2.50. The van der Waals surface area contributed by atoms with E-state index in [1.54, 1.807) is 24.5 Å². The number of nitrogens with zero attached hydrogens (tertiary/aromatic N) is 2. The predicted molar refractivity (Wildman–Crippen MR) is 70.0 cm³/mol. The van der Waals surface area contributed by atoms with Gasteiger partial charge in [0, 0.05) is 11.9 Å². The zero-order valence-electron chi connectivity index (χ0n) is 10.1. The van der Waals surface area contributed by atoms with E-state index in [1.807, 2.05) is 13.0 Å². The summed E-state index contributed by atoms with van der Waals surface area (Å²) in [6, 6.07) is 5.31. The third-order valence-electron chi connectivity index (χ3n) is 2.50. The highest BCUT2D eigenvalue weighted by molar-refractivity contribution is 5.92. The van der Waals surface area contributed by atoms with Gasteiger partial charge in [-0.25, -0.2) is 0 Å². The first-order chi connectivity index (χ1) is 8.65. The molecule has 2 heterocycles. The van der Waals surface area contributed by atoms with Crippen LogP contribution in [0.5, 0.6) is 0 Å². The zero-order chi connectivity index (χ0) is 13.0. The van der Waals surface area contributed by atoms with Crippen LogP contribution >= 0.6 is 0 Å². The van der Waals surface area contributed by atoms with E-state index in [0.717, 1.165) is 11.3 Å². The van der Waals surface area contributed by atoms with Crippen LogP contribution in [0.1, 0.15) is 11.3 Å². The quantitative estimate of drug-likeness (QED) is 0.855. The van der Waals surface area contributed by atoms with Crippen molar-refractivity contribution in [3.05, 3.63) is 48.0 Å². The summed E-state index contributed by atoms with van der Waals surface area (Å²) in [7, 11) is 0. The first-order valence-corrected chi connectivity index (χ1v) is 5.56. The van der Waals surface area contributed by atoms with Crippen LogP contribution in [0.25, 0.3) is 0 Å². The fraction of sp³-hybridized carbons (Fsp3) is 0.154. The van der Waals surface area contributed by atoms with Gasteiger partial charge in [-0.3, -0.25) is 14.8 Å². The molecule has 0 saturated heterocycles. The first-order valence-electron chi connectivity index (χ1n) is 5.56. The molecule has 0 aromatic carbocycles. The molecule has 0 unspecified atom stereocenters. The molecule has 0 aliphatic carbocycles. The van der Waals surface area contributed by atoms with Crippen molar-refractivity contribution < 1.29 is 4.79 Å². The van der Waals surface area contributed by atoms with Crippen molar-refractivity contribution >= 4 is 17.3 Å². The summed E-state index contributed by atoms with van der Waals surface area (Å²) < 4.78 is 0. The molecule has 0 bridgehead atoms. The molecule has 0 aliphatic heterocycles. The monoisotopic (exact) mass is 242 g/mol. The lowest BCUT2D eigenvalue weighted by Gasteiger charge is -2.07. The van der Waals surface area contributed by atoms with E-state index in [1.165, 1.54) is 6.20 Å². The van der Waals surface area contributed by atoms with Crippen molar-refractivity contribution in [3.8, 4) is 0 Å². The molecule has 0 atom stereocenters. The van der Waals surface area contributed by atoms with E-state index in [-0.39, 0.29) is 12.3 Å². The van der Waals surface area contributed by atoms with Gasteiger partial charge in [0.2, 0.25) is 5.91 Å². The van der Waals surface area contributed by atoms with Gasteiger partial charge in [0.25, 0.3) is 0 Å². The van der Waals surface area contributed by atoms with Gasteiger partial charge in [0.15, 0.2) is 0 Å². The van der Waals surface area contributed by atoms with Gasteiger partial charge in [-0.15, -0.1) is 0 Å². The SMILES string of the molecule is Cc1ccncc1NC(=O)Cc1ccc(N)cn1. The van der Waals surface area contributed by atoms with Crippen LogP contribution in [0.2, 0.25) is 0 Å². The van der Waals surface area contributed by atoms with E-state index in [4.69, 9.17) is 5.73 Å². The Balaban J connectivity index is 2.01. The number of carbonyl (C=O) groups excluding carboxylic acids is 1. The number of nitrogens with one attached hydrogen (secondary N) is 1.